The summed E-state index contributed by atoms with van der Waals surface area (Å²) in [6, 6.07) is 0. The Kier molecular flexibility index (Phi) is 3.14. The van der Waals surface area contributed by atoms with E-state index in [4.69, 9.17) is 5.73 Å². The zero-order chi connectivity index (χ0) is 11.7. The van der Waals surface area contributed by atoms with Gasteiger partial charge in [0.15, 0.2) is 5.13 Å². The molecule has 0 unspecified atom stereocenters. The highest BCUT2D eigenvalue weighted by Gasteiger charge is 2.29. The van der Waals surface area contributed by atoms with Gasteiger partial charge in [-0.1, -0.05) is 13.8 Å². The van der Waals surface area contributed by atoms with Gasteiger partial charge in [0.2, 0.25) is 5.91 Å². The molecule has 0 radical (unpaired) electrons. The minimum absolute atomic E-state index is 0.159. The number of anilines is 1. The maximum Gasteiger partial charge on any atom is 0.226 e. The van der Waals surface area contributed by atoms with Crippen LogP contribution in [0.4, 0.5) is 5.13 Å². The van der Waals surface area contributed by atoms with E-state index in [1.54, 1.807) is 0 Å². The van der Waals surface area contributed by atoms with Crippen LogP contribution in [0.15, 0.2) is 0 Å². The number of nitrogens with two attached hydrogens (primary N) is 1. The first-order valence-electron chi connectivity index (χ1n) is 5.68. The third kappa shape index (κ3) is 1.91. The molecule has 1 aromatic rings. The third-order valence-electron chi connectivity index (χ3n) is 3.12. The zero-order valence-electron chi connectivity index (χ0n) is 9.69. The van der Waals surface area contributed by atoms with Crippen LogP contribution in [0, 0.1) is 5.92 Å². The summed E-state index contributed by atoms with van der Waals surface area (Å²) in [5.74, 6) is 0.417. The Labute approximate surface area is 99.5 Å². The third-order valence-corrected chi connectivity index (χ3v) is 4.03. The van der Waals surface area contributed by atoms with Crippen molar-refractivity contribution in [3.63, 3.8) is 0 Å². The number of hydrogen-bond acceptors (Lipinski definition) is 4. The van der Waals surface area contributed by atoms with Crippen molar-refractivity contribution in [2.45, 2.75) is 39.8 Å². The second-order valence-electron chi connectivity index (χ2n) is 4.13. The summed E-state index contributed by atoms with van der Waals surface area (Å²) < 4.78 is 0. The second-order valence-corrected chi connectivity index (χ2v) is 5.24. The van der Waals surface area contributed by atoms with Gasteiger partial charge in [-0.25, -0.2) is 4.98 Å². The van der Waals surface area contributed by atoms with Crippen molar-refractivity contribution in [3.05, 3.63) is 10.6 Å². The molecule has 1 aromatic heterocycles. The van der Waals surface area contributed by atoms with Crippen LogP contribution in [-0.2, 0) is 17.9 Å². The van der Waals surface area contributed by atoms with Gasteiger partial charge in [0.25, 0.3) is 0 Å². The largest absolute Gasteiger partial charge is 0.375 e. The Hall–Kier alpha value is -1.10. The number of hydrogen-bond donors (Lipinski definition) is 1. The Bertz CT molecular complexity index is 374. The van der Waals surface area contributed by atoms with Gasteiger partial charge < -0.3 is 10.6 Å². The molecule has 2 heterocycles. The van der Waals surface area contributed by atoms with Crippen molar-refractivity contribution >= 4 is 22.4 Å². The van der Waals surface area contributed by atoms with Gasteiger partial charge in [0.05, 0.1) is 23.7 Å². The second kappa shape index (κ2) is 4.41. The highest BCUT2D eigenvalue weighted by atomic mass is 32.1. The molecule has 0 spiro atoms. The van der Waals surface area contributed by atoms with Crippen LogP contribution in [0.5, 0.6) is 0 Å². The van der Waals surface area contributed by atoms with Crippen LogP contribution < -0.4 is 5.73 Å². The summed E-state index contributed by atoms with van der Waals surface area (Å²) in [5.41, 5.74) is 6.61. The lowest BCUT2D eigenvalue weighted by Crippen LogP contribution is -2.31. The van der Waals surface area contributed by atoms with Gasteiger partial charge in [-0.05, 0) is 12.8 Å². The highest BCUT2D eigenvalue weighted by molar-refractivity contribution is 7.15. The zero-order valence-corrected chi connectivity index (χ0v) is 10.5. The van der Waals surface area contributed by atoms with Crippen molar-refractivity contribution in [3.8, 4) is 0 Å². The van der Waals surface area contributed by atoms with Crippen LogP contribution >= 0.6 is 11.3 Å². The van der Waals surface area contributed by atoms with Gasteiger partial charge in [-0.3, -0.25) is 4.79 Å². The maximum absolute atomic E-state index is 12.1. The molecule has 2 rings (SSSR count). The first-order chi connectivity index (χ1) is 7.65. The maximum atomic E-state index is 12.1. The average molecular weight is 239 g/mol. The number of rotatable bonds is 3. The Morgan fingerprint density at radius 3 is 2.75 bits per heavy atom. The van der Waals surface area contributed by atoms with Gasteiger partial charge in [-0.2, -0.15) is 0 Å². The predicted octanol–water partition coefficient (Wildman–Crippen LogP) is 2.00. The van der Waals surface area contributed by atoms with Crippen molar-refractivity contribution < 1.29 is 4.79 Å². The van der Waals surface area contributed by atoms with E-state index in [9.17, 15) is 4.79 Å². The SMILES string of the molecule is CCC(CC)C(=O)N1Cc2nc(N)sc2C1. The molecule has 0 aromatic carbocycles. The van der Waals surface area contributed by atoms with Crippen LogP contribution in [0.25, 0.3) is 0 Å². The average Bonchev–Trinajstić information content (AvgIpc) is 2.76. The molecule has 5 heteroatoms. The molecule has 0 bridgehead atoms. The summed E-state index contributed by atoms with van der Waals surface area (Å²) >= 11 is 1.50. The van der Waals surface area contributed by atoms with Crippen molar-refractivity contribution in [1.29, 1.82) is 0 Å². The topological polar surface area (TPSA) is 59.2 Å². The molecular formula is C11H17N3OS. The van der Waals surface area contributed by atoms with Gasteiger partial charge in [-0.15, -0.1) is 11.3 Å². The minimum Gasteiger partial charge on any atom is -0.375 e. The van der Waals surface area contributed by atoms with E-state index in [0.717, 1.165) is 23.4 Å². The fraction of sp³-hybridized carbons (Fsp3) is 0.636. The van der Waals surface area contributed by atoms with Crippen molar-refractivity contribution in [1.82, 2.24) is 9.88 Å². The first-order valence-corrected chi connectivity index (χ1v) is 6.50. The summed E-state index contributed by atoms with van der Waals surface area (Å²) in [7, 11) is 0. The molecule has 1 amide bonds. The van der Waals surface area contributed by atoms with E-state index >= 15 is 0 Å². The molecule has 0 saturated heterocycles. The molecule has 4 nitrogen and oxygen atoms in total. The Balaban J connectivity index is 2.05. The lowest BCUT2D eigenvalue weighted by atomic mass is 10.0. The van der Waals surface area contributed by atoms with Gasteiger partial charge in [0.1, 0.15) is 0 Å². The molecule has 0 atom stereocenters. The number of aromatic nitrogens is 1. The van der Waals surface area contributed by atoms with E-state index in [0.29, 0.717) is 18.2 Å². The quantitative estimate of drug-likeness (QED) is 0.877. The van der Waals surface area contributed by atoms with Crippen molar-refractivity contribution in [2.24, 2.45) is 5.92 Å². The number of carbonyl (C=O) groups is 1. The van der Waals surface area contributed by atoms with E-state index in [1.807, 2.05) is 4.90 Å². The Morgan fingerprint density at radius 1 is 1.50 bits per heavy atom. The molecule has 1 aliphatic rings. The van der Waals surface area contributed by atoms with Gasteiger partial charge in [0, 0.05) is 5.92 Å². The normalized spacial score (nSPS) is 14.6. The fourth-order valence-electron chi connectivity index (χ4n) is 2.11. The number of fused-ring (bicyclic) bond motifs is 1. The summed E-state index contributed by atoms with van der Waals surface area (Å²) in [4.78, 5) is 19.4. The number of nitrogen functional groups attached to an aromatic ring is 1. The lowest BCUT2D eigenvalue weighted by molar-refractivity contribution is -0.136. The standard InChI is InChI=1S/C11H17N3OS/c1-3-7(4-2)10(15)14-5-8-9(6-14)16-11(12)13-8/h7H,3-6H2,1-2H3,(H2,12,13). The van der Waals surface area contributed by atoms with E-state index in [1.165, 1.54) is 11.3 Å². The summed E-state index contributed by atoms with van der Waals surface area (Å²) in [6.45, 7) is 5.46. The molecule has 16 heavy (non-hydrogen) atoms. The van der Waals surface area contributed by atoms with Crippen LogP contribution in [0.1, 0.15) is 37.3 Å². The summed E-state index contributed by atoms with van der Waals surface area (Å²) in [5, 5.41) is 0.611. The summed E-state index contributed by atoms with van der Waals surface area (Å²) in [6.07, 6.45) is 1.82. The van der Waals surface area contributed by atoms with E-state index < -0.39 is 0 Å². The molecule has 2 N–H and O–H groups in total. The predicted molar refractivity (Wildman–Crippen MR) is 64.9 cm³/mol. The first kappa shape index (κ1) is 11.4. The number of thiazole rings is 1. The monoisotopic (exact) mass is 239 g/mol. The van der Waals surface area contributed by atoms with Gasteiger partial charge >= 0.3 is 0 Å². The fourth-order valence-corrected chi connectivity index (χ4v) is 2.97. The molecule has 1 aliphatic heterocycles. The van der Waals surface area contributed by atoms with Crippen LogP contribution in [-0.4, -0.2) is 15.8 Å². The number of carbonyl (C=O) groups excluding carboxylic acids is 1. The molecule has 88 valence electrons. The smallest absolute Gasteiger partial charge is 0.226 e. The lowest BCUT2D eigenvalue weighted by Gasteiger charge is -2.20. The van der Waals surface area contributed by atoms with Crippen LogP contribution in [0.2, 0.25) is 0 Å². The number of amides is 1. The van der Waals surface area contributed by atoms with E-state index in [-0.39, 0.29) is 11.8 Å². The molecular weight excluding hydrogens is 222 g/mol. The Morgan fingerprint density at radius 2 is 2.19 bits per heavy atom. The van der Waals surface area contributed by atoms with Crippen molar-refractivity contribution in [2.75, 3.05) is 5.73 Å². The molecule has 0 saturated carbocycles. The van der Waals surface area contributed by atoms with Crippen LogP contribution in [0.3, 0.4) is 0 Å². The number of nitrogens with zero attached hydrogens (tertiary/aromatic N) is 2. The minimum atomic E-state index is 0.159. The molecule has 0 aliphatic carbocycles. The van der Waals surface area contributed by atoms with E-state index in [2.05, 4.69) is 18.8 Å². The molecule has 0 fully saturated rings. The highest BCUT2D eigenvalue weighted by Crippen LogP contribution is 2.30.